The maximum absolute atomic E-state index is 12.8. The maximum atomic E-state index is 12.8. The number of aryl methyl sites for hydroxylation is 1. The molecule has 0 amide bonds. The number of hydrogen-bond donors (Lipinski definition) is 1. The van der Waals surface area contributed by atoms with Gasteiger partial charge in [-0.3, -0.25) is 4.79 Å². The first kappa shape index (κ1) is 22.3. The van der Waals surface area contributed by atoms with Crippen LogP contribution in [0.3, 0.4) is 0 Å². The zero-order chi connectivity index (χ0) is 19.8. The van der Waals surface area contributed by atoms with Crippen molar-refractivity contribution in [1.82, 2.24) is 0 Å². The quantitative estimate of drug-likeness (QED) is 0.459. The maximum Gasteiger partial charge on any atom is 0.453 e. The zero-order valence-corrected chi connectivity index (χ0v) is 14.5. The summed E-state index contributed by atoms with van der Waals surface area (Å²) in [4.78, 5) is 11.2. The molecule has 0 aliphatic rings. The van der Waals surface area contributed by atoms with Crippen molar-refractivity contribution in [2.45, 2.75) is 63.7 Å². The number of halogens is 5. The molecule has 0 saturated heterocycles. The molecule has 1 aromatic rings. The van der Waals surface area contributed by atoms with E-state index < -0.39 is 31.0 Å². The minimum absolute atomic E-state index is 0.187. The summed E-state index contributed by atoms with van der Waals surface area (Å²) in [6, 6.07) is 6.67. The van der Waals surface area contributed by atoms with Gasteiger partial charge in [0, 0.05) is 12.8 Å². The van der Waals surface area contributed by atoms with E-state index in [0.717, 1.165) is 5.56 Å². The third-order valence-corrected chi connectivity index (χ3v) is 3.90. The van der Waals surface area contributed by atoms with Gasteiger partial charge in [-0.2, -0.15) is 22.0 Å². The van der Waals surface area contributed by atoms with E-state index in [1.807, 2.05) is 0 Å². The van der Waals surface area contributed by atoms with E-state index in [-0.39, 0.29) is 12.4 Å². The van der Waals surface area contributed by atoms with Crippen molar-refractivity contribution < 1.29 is 36.6 Å². The first-order valence-electron chi connectivity index (χ1n) is 8.44. The fourth-order valence-electron chi connectivity index (χ4n) is 2.40. The molecule has 0 fully saturated rings. The van der Waals surface area contributed by atoms with Gasteiger partial charge in [0.2, 0.25) is 0 Å². The second-order valence-corrected chi connectivity index (χ2v) is 6.01. The highest BCUT2D eigenvalue weighted by Gasteiger charge is 2.56. The van der Waals surface area contributed by atoms with Crippen molar-refractivity contribution in [3.8, 4) is 0 Å². The number of rotatable bonds is 10. The summed E-state index contributed by atoms with van der Waals surface area (Å²) in [6.07, 6.45) is -7.12. The van der Waals surface area contributed by atoms with Crippen molar-refractivity contribution >= 4 is 5.97 Å². The Labute approximate surface area is 149 Å². The van der Waals surface area contributed by atoms with E-state index in [0.29, 0.717) is 31.4 Å². The van der Waals surface area contributed by atoms with Gasteiger partial charge in [-0.05, 0) is 43.7 Å². The number of aliphatic hydroxyl groups is 1. The fourth-order valence-corrected chi connectivity index (χ4v) is 2.40. The van der Waals surface area contributed by atoms with E-state index in [9.17, 15) is 31.9 Å². The Balaban J connectivity index is 2.41. The van der Waals surface area contributed by atoms with Crippen LogP contribution < -0.4 is 0 Å². The Bertz CT molecular complexity index is 555. The Morgan fingerprint density at radius 3 is 2.27 bits per heavy atom. The van der Waals surface area contributed by atoms with Crippen LogP contribution in [-0.4, -0.2) is 29.8 Å². The molecule has 0 spiro atoms. The predicted octanol–water partition coefficient (Wildman–Crippen LogP) is 4.97. The molecule has 0 aliphatic heterocycles. The molecule has 1 aromatic carbocycles. The first-order chi connectivity index (χ1) is 12.1. The summed E-state index contributed by atoms with van der Waals surface area (Å²) in [7, 11) is 0. The molecule has 1 N–H and O–H groups in total. The SMILES string of the molecule is CCOC(=O)CCCc1ccc([C@@H](O)CCCC(F)(F)C(F)(F)F)cc1. The lowest BCUT2D eigenvalue weighted by Crippen LogP contribution is -2.36. The molecule has 0 saturated carbocycles. The summed E-state index contributed by atoms with van der Waals surface area (Å²) in [5.41, 5.74) is 1.38. The molecule has 1 rings (SSSR count). The van der Waals surface area contributed by atoms with Crippen molar-refractivity contribution in [2.75, 3.05) is 6.61 Å². The van der Waals surface area contributed by atoms with Crippen molar-refractivity contribution in [3.63, 3.8) is 0 Å². The summed E-state index contributed by atoms with van der Waals surface area (Å²) in [5.74, 6) is -5.01. The highest BCUT2D eigenvalue weighted by Crippen LogP contribution is 2.39. The van der Waals surface area contributed by atoms with Crippen molar-refractivity contribution in [1.29, 1.82) is 0 Å². The lowest BCUT2D eigenvalue weighted by atomic mass is 9.99. The Kier molecular flexibility index (Phi) is 8.46. The minimum atomic E-state index is -5.57. The number of aliphatic hydroxyl groups excluding tert-OH is 1. The standard InChI is InChI=1S/C18H23F5O3/c1-2-26-16(25)7-3-5-13-8-10-14(11-9-13)15(24)6-4-12-17(19,20)18(21,22)23/h8-11,15,24H,2-7,12H2,1H3/t15-/m0/s1. The molecular formula is C18H23F5O3. The third-order valence-electron chi connectivity index (χ3n) is 3.90. The summed E-state index contributed by atoms with van der Waals surface area (Å²) >= 11 is 0. The predicted molar refractivity (Wildman–Crippen MR) is 85.8 cm³/mol. The molecule has 148 valence electrons. The van der Waals surface area contributed by atoms with Gasteiger partial charge < -0.3 is 9.84 Å². The lowest BCUT2D eigenvalue weighted by molar-refractivity contribution is -0.284. The number of hydrogen-bond acceptors (Lipinski definition) is 3. The van der Waals surface area contributed by atoms with Crippen LogP contribution in [0, 0.1) is 0 Å². The van der Waals surface area contributed by atoms with Crippen LogP contribution in [0.4, 0.5) is 22.0 Å². The van der Waals surface area contributed by atoms with Gasteiger partial charge in [0.1, 0.15) is 0 Å². The van der Waals surface area contributed by atoms with Crippen molar-refractivity contribution in [3.05, 3.63) is 35.4 Å². The molecule has 0 bridgehead atoms. The van der Waals surface area contributed by atoms with E-state index >= 15 is 0 Å². The number of benzene rings is 1. The van der Waals surface area contributed by atoms with Crippen molar-refractivity contribution in [2.24, 2.45) is 0 Å². The van der Waals surface area contributed by atoms with Gasteiger partial charge in [0.25, 0.3) is 0 Å². The Morgan fingerprint density at radius 2 is 1.73 bits per heavy atom. The largest absolute Gasteiger partial charge is 0.466 e. The van der Waals surface area contributed by atoms with Crippen LogP contribution in [-0.2, 0) is 16.0 Å². The monoisotopic (exact) mass is 382 g/mol. The van der Waals surface area contributed by atoms with E-state index in [1.54, 1.807) is 31.2 Å². The molecular weight excluding hydrogens is 359 g/mol. The fraction of sp³-hybridized carbons (Fsp3) is 0.611. The molecule has 8 heteroatoms. The molecule has 0 unspecified atom stereocenters. The van der Waals surface area contributed by atoms with Gasteiger partial charge in [-0.1, -0.05) is 24.3 Å². The van der Waals surface area contributed by atoms with Crippen LogP contribution in [0.25, 0.3) is 0 Å². The minimum Gasteiger partial charge on any atom is -0.466 e. The van der Waals surface area contributed by atoms with Gasteiger partial charge in [0.15, 0.2) is 0 Å². The van der Waals surface area contributed by atoms with Crippen LogP contribution in [0.5, 0.6) is 0 Å². The highest BCUT2D eigenvalue weighted by molar-refractivity contribution is 5.69. The zero-order valence-electron chi connectivity index (χ0n) is 14.5. The number of esters is 1. The molecule has 0 aromatic heterocycles. The Hall–Kier alpha value is -1.70. The second-order valence-electron chi connectivity index (χ2n) is 6.01. The Morgan fingerprint density at radius 1 is 1.12 bits per heavy atom. The first-order valence-corrected chi connectivity index (χ1v) is 8.44. The van der Waals surface area contributed by atoms with Crippen LogP contribution in [0.2, 0.25) is 0 Å². The third kappa shape index (κ3) is 7.27. The molecule has 3 nitrogen and oxygen atoms in total. The smallest absolute Gasteiger partial charge is 0.453 e. The number of carbonyl (C=O) groups excluding carboxylic acids is 1. The van der Waals surface area contributed by atoms with E-state index in [2.05, 4.69) is 0 Å². The normalized spacial score (nSPS) is 13.5. The van der Waals surface area contributed by atoms with Gasteiger partial charge >= 0.3 is 18.1 Å². The average molecular weight is 382 g/mol. The molecule has 0 radical (unpaired) electrons. The van der Waals surface area contributed by atoms with Gasteiger partial charge in [-0.25, -0.2) is 0 Å². The average Bonchev–Trinajstić information content (AvgIpc) is 2.54. The number of carbonyl (C=O) groups is 1. The highest BCUT2D eigenvalue weighted by atomic mass is 19.4. The molecule has 0 heterocycles. The number of ether oxygens (including phenoxy) is 1. The summed E-state index contributed by atoms with van der Waals surface area (Å²) in [6.45, 7) is 2.06. The second kappa shape index (κ2) is 9.85. The van der Waals surface area contributed by atoms with Crippen LogP contribution in [0.1, 0.15) is 56.3 Å². The number of alkyl halides is 5. The lowest BCUT2D eigenvalue weighted by Gasteiger charge is -2.20. The van der Waals surface area contributed by atoms with Crippen LogP contribution >= 0.6 is 0 Å². The van der Waals surface area contributed by atoms with E-state index in [4.69, 9.17) is 4.74 Å². The van der Waals surface area contributed by atoms with Gasteiger partial charge in [-0.15, -0.1) is 0 Å². The van der Waals surface area contributed by atoms with E-state index in [1.165, 1.54) is 0 Å². The molecule has 0 aliphatic carbocycles. The summed E-state index contributed by atoms with van der Waals surface area (Å²) in [5, 5.41) is 9.93. The molecule has 26 heavy (non-hydrogen) atoms. The van der Waals surface area contributed by atoms with Gasteiger partial charge in [0.05, 0.1) is 12.7 Å². The molecule has 1 atom stereocenters. The van der Waals surface area contributed by atoms with Crippen LogP contribution in [0.15, 0.2) is 24.3 Å². The summed E-state index contributed by atoms with van der Waals surface area (Å²) < 4.78 is 66.7. The topological polar surface area (TPSA) is 46.5 Å².